The minimum atomic E-state index is -1.32. The summed E-state index contributed by atoms with van der Waals surface area (Å²) in [6.45, 7) is 0.0458. The zero-order valence-electron chi connectivity index (χ0n) is 21.4. The third-order valence-corrected chi connectivity index (χ3v) is 6.62. The fraction of sp³-hybridized carbons (Fsp3) is 0.286. The largest absolute Gasteiger partial charge is 0.497 e. The second-order valence-electron chi connectivity index (χ2n) is 8.47. The quantitative estimate of drug-likeness (QED) is 0.409. The highest BCUT2D eigenvalue weighted by atomic mass is 35.5. The summed E-state index contributed by atoms with van der Waals surface area (Å²) in [5, 5.41) is 9.95. The number of hydrogen-bond acceptors (Lipinski definition) is 7. The lowest BCUT2D eigenvalue weighted by Gasteiger charge is -2.26. The Morgan fingerprint density at radius 3 is 2.32 bits per heavy atom. The van der Waals surface area contributed by atoms with Crippen molar-refractivity contribution in [3.05, 3.63) is 76.3 Å². The first kappa shape index (κ1) is 27.1. The van der Waals surface area contributed by atoms with Gasteiger partial charge in [-0.3, -0.25) is 9.59 Å². The number of benzene rings is 3. The molecule has 1 aliphatic heterocycles. The van der Waals surface area contributed by atoms with E-state index in [-0.39, 0.29) is 6.54 Å². The molecule has 4 rings (SSSR count). The highest BCUT2D eigenvalue weighted by molar-refractivity contribution is 6.34. The van der Waals surface area contributed by atoms with Crippen LogP contribution in [0.1, 0.15) is 29.2 Å². The fourth-order valence-corrected chi connectivity index (χ4v) is 4.86. The SMILES string of the molecule is COc1ccc(CN2C(=O)C(CC(=O)O)OC(c3cccc(OC)c3OC)c3cccc(Cl)c32)c(OC)c1. The summed E-state index contributed by atoms with van der Waals surface area (Å²) in [5.74, 6) is 0.211. The van der Waals surface area contributed by atoms with E-state index in [1.807, 2.05) is 0 Å². The monoisotopic (exact) mass is 541 g/mol. The second-order valence-corrected chi connectivity index (χ2v) is 8.87. The molecule has 0 spiro atoms. The van der Waals surface area contributed by atoms with Crippen molar-refractivity contribution in [2.24, 2.45) is 0 Å². The number of aliphatic carboxylic acids is 1. The van der Waals surface area contributed by atoms with Crippen LogP contribution in [-0.2, 0) is 20.9 Å². The first-order valence-corrected chi connectivity index (χ1v) is 12.1. The number of methoxy groups -OCH3 is 4. The van der Waals surface area contributed by atoms with Crippen molar-refractivity contribution in [3.63, 3.8) is 0 Å². The molecule has 3 aromatic carbocycles. The average Bonchev–Trinajstić information content (AvgIpc) is 3.03. The van der Waals surface area contributed by atoms with Crippen molar-refractivity contribution in [1.29, 1.82) is 0 Å². The van der Waals surface area contributed by atoms with E-state index in [4.69, 9.17) is 35.3 Å². The molecule has 200 valence electrons. The standard InChI is InChI=1S/C28H28ClNO8/c1-34-17-12-11-16(22(13-17)36-3)15-30-25-18(7-5-9-20(25)29)26(38-23(28(30)33)14-24(31)32)19-8-6-10-21(35-2)27(19)37-4/h5-13,23,26H,14-15H2,1-4H3,(H,31,32). The van der Waals surface area contributed by atoms with Crippen molar-refractivity contribution in [3.8, 4) is 23.0 Å². The number of ether oxygens (including phenoxy) is 5. The maximum atomic E-state index is 13.9. The molecule has 3 aromatic rings. The van der Waals surface area contributed by atoms with E-state index in [0.29, 0.717) is 50.4 Å². The lowest BCUT2D eigenvalue weighted by Crippen LogP contribution is -2.40. The number of nitrogens with zero attached hydrogens (tertiary/aromatic N) is 1. The molecular weight excluding hydrogens is 514 g/mol. The Labute approximate surface area is 225 Å². The van der Waals surface area contributed by atoms with Crippen molar-refractivity contribution in [2.45, 2.75) is 25.2 Å². The summed E-state index contributed by atoms with van der Waals surface area (Å²) in [6.07, 6.45) is -2.75. The Morgan fingerprint density at radius 1 is 0.947 bits per heavy atom. The molecule has 9 nitrogen and oxygen atoms in total. The van der Waals surface area contributed by atoms with Crippen molar-refractivity contribution < 1.29 is 38.4 Å². The van der Waals surface area contributed by atoms with E-state index < -0.39 is 30.5 Å². The van der Waals surface area contributed by atoms with Gasteiger partial charge in [0.25, 0.3) is 5.91 Å². The summed E-state index contributed by atoms with van der Waals surface area (Å²) in [7, 11) is 6.08. The molecule has 10 heteroatoms. The first-order chi connectivity index (χ1) is 18.3. The van der Waals surface area contributed by atoms with E-state index in [1.54, 1.807) is 61.7 Å². The lowest BCUT2D eigenvalue weighted by atomic mass is 9.97. The fourth-order valence-electron chi connectivity index (χ4n) is 4.57. The smallest absolute Gasteiger partial charge is 0.306 e. The second kappa shape index (κ2) is 11.6. The predicted molar refractivity (Wildman–Crippen MR) is 141 cm³/mol. The Hall–Kier alpha value is -3.95. The number of rotatable bonds is 9. The van der Waals surface area contributed by atoms with Crippen molar-refractivity contribution in [1.82, 2.24) is 0 Å². The third kappa shape index (κ3) is 5.20. The van der Waals surface area contributed by atoms with Crippen LogP contribution in [0.2, 0.25) is 5.02 Å². The number of carbonyl (C=O) groups is 2. The summed E-state index contributed by atoms with van der Waals surface area (Å²) < 4.78 is 28.2. The van der Waals surface area contributed by atoms with Gasteiger partial charge in [0.15, 0.2) is 11.5 Å². The zero-order valence-corrected chi connectivity index (χ0v) is 22.2. The summed E-state index contributed by atoms with van der Waals surface area (Å²) in [4.78, 5) is 27.2. The Morgan fingerprint density at radius 2 is 1.66 bits per heavy atom. The number of carboxylic acid groups (broad SMARTS) is 1. The molecule has 2 unspecified atom stereocenters. The van der Waals surface area contributed by atoms with E-state index in [9.17, 15) is 14.7 Å². The van der Waals surface area contributed by atoms with Gasteiger partial charge in [0.05, 0.1) is 52.1 Å². The molecule has 1 heterocycles. The van der Waals surface area contributed by atoms with Crippen LogP contribution >= 0.6 is 11.6 Å². The third-order valence-electron chi connectivity index (χ3n) is 6.31. The Balaban J connectivity index is 1.92. The highest BCUT2D eigenvalue weighted by Gasteiger charge is 2.40. The summed E-state index contributed by atoms with van der Waals surface area (Å²) in [5.41, 5.74) is 2.19. The molecule has 0 saturated carbocycles. The molecule has 0 bridgehead atoms. The van der Waals surface area contributed by atoms with Crippen molar-refractivity contribution in [2.75, 3.05) is 33.3 Å². The molecule has 1 amide bonds. The van der Waals surface area contributed by atoms with Crippen LogP contribution in [0.3, 0.4) is 0 Å². The summed E-state index contributed by atoms with van der Waals surface area (Å²) in [6, 6.07) is 15.7. The summed E-state index contributed by atoms with van der Waals surface area (Å²) >= 11 is 6.73. The molecule has 1 aliphatic rings. The highest BCUT2D eigenvalue weighted by Crippen LogP contribution is 2.47. The van der Waals surface area contributed by atoms with Gasteiger partial charge >= 0.3 is 5.97 Å². The van der Waals surface area contributed by atoms with Gasteiger partial charge in [0.1, 0.15) is 23.7 Å². The number of anilines is 1. The van der Waals surface area contributed by atoms with Crippen LogP contribution in [0.4, 0.5) is 5.69 Å². The number of halogens is 1. The van der Waals surface area contributed by atoms with Crippen LogP contribution in [0.15, 0.2) is 54.6 Å². The number of fused-ring (bicyclic) bond motifs is 1. The molecule has 0 aromatic heterocycles. The molecule has 0 fully saturated rings. The molecule has 1 N–H and O–H groups in total. The lowest BCUT2D eigenvalue weighted by molar-refractivity contribution is -0.147. The van der Waals surface area contributed by atoms with Gasteiger partial charge < -0.3 is 33.7 Å². The Kier molecular flexibility index (Phi) is 8.29. The predicted octanol–water partition coefficient (Wildman–Crippen LogP) is 4.87. The van der Waals surface area contributed by atoms with Gasteiger partial charge in [0.2, 0.25) is 0 Å². The normalized spacial score (nSPS) is 16.9. The van der Waals surface area contributed by atoms with Crippen molar-refractivity contribution >= 4 is 29.2 Å². The van der Waals surface area contributed by atoms with Crippen LogP contribution in [0.5, 0.6) is 23.0 Å². The first-order valence-electron chi connectivity index (χ1n) is 11.7. The molecule has 0 radical (unpaired) electrons. The van der Waals surface area contributed by atoms with Gasteiger partial charge in [-0.1, -0.05) is 35.9 Å². The molecule has 0 saturated heterocycles. The maximum Gasteiger partial charge on any atom is 0.306 e. The molecular formula is C28H28ClNO8. The van der Waals surface area contributed by atoms with E-state index in [0.717, 1.165) is 0 Å². The molecule has 0 aliphatic carbocycles. The van der Waals surface area contributed by atoms with Gasteiger partial charge in [-0.15, -0.1) is 0 Å². The number of hydrogen-bond donors (Lipinski definition) is 1. The van der Waals surface area contributed by atoms with E-state index >= 15 is 0 Å². The minimum absolute atomic E-state index is 0.0458. The van der Waals surface area contributed by atoms with E-state index in [1.165, 1.54) is 26.2 Å². The average molecular weight is 542 g/mol. The molecule has 2 atom stereocenters. The van der Waals surface area contributed by atoms with E-state index in [2.05, 4.69) is 0 Å². The number of carbonyl (C=O) groups excluding carboxylic acids is 1. The van der Waals surface area contributed by atoms with Gasteiger partial charge in [0, 0.05) is 22.8 Å². The van der Waals surface area contributed by atoms with Gasteiger partial charge in [-0.25, -0.2) is 0 Å². The maximum absolute atomic E-state index is 13.9. The van der Waals surface area contributed by atoms with Gasteiger partial charge in [-0.05, 0) is 24.3 Å². The molecule has 38 heavy (non-hydrogen) atoms. The van der Waals surface area contributed by atoms with Gasteiger partial charge in [-0.2, -0.15) is 0 Å². The number of para-hydroxylation sites is 2. The Bertz CT molecular complexity index is 1340. The number of carboxylic acids is 1. The van der Waals surface area contributed by atoms with Crippen LogP contribution < -0.4 is 23.8 Å². The minimum Gasteiger partial charge on any atom is -0.497 e. The topological polar surface area (TPSA) is 104 Å². The van der Waals surface area contributed by atoms with Crippen LogP contribution in [0, 0.1) is 0 Å². The number of amides is 1. The zero-order chi connectivity index (χ0) is 27.4. The van der Waals surface area contributed by atoms with Crippen LogP contribution in [0.25, 0.3) is 0 Å². The van der Waals surface area contributed by atoms with Crippen LogP contribution in [-0.4, -0.2) is 51.5 Å².